The number of fused-ring (bicyclic) bond motifs is 1. The zero-order valence-corrected chi connectivity index (χ0v) is 8.98. The van der Waals surface area contributed by atoms with Crippen LogP contribution in [-0.4, -0.2) is 30.3 Å². The summed E-state index contributed by atoms with van der Waals surface area (Å²) in [4.78, 5) is 12.7. The van der Waals surface area contributed by atoms with Crippen LogP contribution in [0.4, 0.5) is 10.1 Å². The fourth-order valence-electron chi connectivity index (χ4n) is 1.79. The predicted octanol–water partition coefficient (Wildman–Crippen LogP) is 1.50. The molecular formula is C11H12FNO3. The molecule has 4 nitrogen and oxygen atoms in total. The molecule has 2 atom stereocenters. The van der Waals surface area contributed by atoms with Crippen molar-refractivity contribution in [3.63, 3.8) is 0 Å². The van der Waals surface area contributed by atoms with Crippen molar-refractivity contribution in [2.45, 2.75) is 19.1 Å². The minimum Gasteiger partial charge on any atom is -0.478 e. The van der Waals surface area contributed by atoms with Gasteiger partial charge in [0, 0.05) is 13.1 Å². The van der Waals surface area contributed by atoms with Crippen LogP contribution in [0.5, 0.6) is 5.75 Å². The Bertz CT molecular complexity index is 435. The first-order valence-corrected chi connectivity index (χ1v) is 4.92. The highest BCUT2D eigenvalue weighted by atomic mass is 19.1. The Kier molecular flexibility index (Phi) is 2.46. The van der Waals surface area contributed by atoms with Crippen molar-refractivity contribution in [3.8, 4) is 5.75 Å². The van der Waals surface area contributed by atoms with Gasteiger partial charge in [0.05, 0.1) is 11.7 Å². The van der Waals surface area contributed by atoms with Crippen LogP contribution in [0.25, 0.3) is 0 Å². The average molecular weight is 225 g/mol. The van der Waals surface area contributed by atoms with Gasteiger partial charge in [0.25, 0.3) is 0 Å². The van der Waals surface area contributed by atoms with E-state index in [1.165, 1.54) is 12.1 Å². The second-order valence-electron chi connectivity index (χ2n) is 3.84. The van der Waals surface area contributed by atoms with Gasteiger partial charge in [-0.2, -0.15) is 0 Å². The van der Waals surface area contributed by atoms with E-state index in [9.17, 15) is 9.18 Å². The summed E-state index contributed by atoms with van der Waals surface area (Å²) in [6, 6.07) is 3.81. The van der Waals surface area contributed by atoms with Gasteiger partial charge in [0.2, 0.25) is 6.10 Å². The zero-order chi connectivity index (χ0) is 11.9. The molecular weight excluding hydrogens is 213 g/mol. The third-order valence-electron chi connectivity index (χ3n) is 2.85. The number of benzene rings is 1. The maximum absolute atomic E-state index is 13.0. The number of nitrogens with zero attached hydrogens (tertiary/aromatic N) is 1. The number of halogens is 1. The summed E-state index contributed by atoms with van der Waals surface area (Å²) in [7, 11) is 1.76. The molecule has 16 heavy (non-hydrogen) atoms. The molecule has 0 amide bonds. The molecule has 5 heteroatoms. The Labute approximate surface area is 92.2 Å². The number of hydrogen-bond acceptors (Lipinski definition) is 3. The highest BCUT2D eigenvalue weighted by molar-refractivity contribution is 5.77. The van der Waals surface area contributed by atoms with Gasteiger partial charge in [-0.1, -0.05) is 0 Å². The quantitative estimate of drug-likeness (QED) is 0.786. The lowest BCUT2D eigenvalue weighted by atomic mass is 10.1. The van der Waals surface area contributed by atoms with Crippen LogP contribution in [0, 0.1) is 5.82 Å². The molecule has 86 valence electrons. The molecule has 0 aromatic heterocycles. The minimum absolute atomic E-state index is 0.271. The van der Waals surface area contributed by atoms with E-state index in [1.54, 1.807) is 24.9 Å². The smallest absolute Gasteiger partial charge is 0.347 e. The Morgan fingerprint density at radius 1 is 1.56 bits per heavy atom. The molecule has 2 unspecified atom stereocenters. The summed E-state index contributed by atoms with van der Waals surface area (Å²) >= 11 is 0. The molecule has 0 saturated heterocycles. The highest BCUT2D eigenvalue weighted by Gasteiger charge is 2.35. The number of likely N-dealkylation sites (N-methyl/N-ethyl adjacent to an activating group) is 1. The summed E-state index contributed by atoms with van der Waals surface area (Å²) in [6.45, 7) is 1.76. The number of anilines is 1. The number of rotatable bonds is 1. The first-order chi connectivity index (χ1) is 7.50. The Balaban J connectivity index is 2.44. The molecule has 1 N–H and O–H groups in total. The SMILES string of the molecule is CC1C(C(=O)O)Oc2cc(F)ccc2N1C. The lowest BCUT2D eigenvalue weighted by molar-refractivity contribution is -0.146. The average Bonchev–Trinajstić information content (AvgIpc) is 2.22. The molecule has 0 spiro atoms. The van der Waals surface area contributed by atoms with Gasteiger partial charge in [-0.15, -0.1) is 0 Å². The van der Waals surface area contributed by atoms with Crippen LogP contribution in [0.2, 0.25) is 0 Å². The molecule has 1 heterocycles. The summed E-state index contributed by atoms with van der Waals surface area (Å²) in [5.41, 5.74) is 0.700. The molecule has 0 aliphatic carbocycles. The topological polar surface area (TPSA) is 49.8 Å². The second-order valence-corrected chi connectivity index (χ2v) is 3.84. The number of ether oxygens (including phenoxy) is 1. The molecule has 0 bridgehead atoms. The van der Waals surface area contributed by atoms with Crippen molar-refractivity contribution in [2.75, 3.05) is 11.9 Å². The predicted molar refractivity (Wildman–Crippen MR) is 56.3 cm³/mol. The standard InChI is InChI=1S/C11H12FNO3/c1-6-10(11(14)15)16-9-5-7(12)3-4-8(9)13(6)2/h3-6,10H,1-2H3,(H,14,15). The van der Waals surface area contributed by atoms with Gasteiger partial charge < -0.3 is 14.7 Å². The summed E-state index contributed by atoms with van der Waals surface area (Å²) in [5, 5.41) is 8.98. The van der Waals surface area contributed by atoms with Crippen LogP contribution in [0.1, 0.15) is 6.92 Å². The van der Waals surface area contributed by atoms with E-state index in [0.29, 0.717) is 5.69 Å². The number of aliphatic carboxylic acids is 1. The van der Waals surface area contributed by atoms with Gasteiger partial charge in [0.15, 0.2) is 0 Å². The van der Waals surface area contributed by atoms with E-state index >= 15 is 0 Å². The van der Waals surface area contributed by atoms with E-state index in [1.807, 2.05) is 0 Å². The van der Waals surface area contributed by atoms with Crippen LogP contribution in [-0.2, 0) is 4.79 Å². The third kappa shape index (κ3) is 1.58. The van der Waals surface area contributed by atoms with Crippen molar-refractivity contribution in [1.82, 2.24) is 0 Å². The van der Waals surface area contributed by atoms with Gasteiger partial charge in [-0.25, -0.2) is 9.18 Å². The maximum Gasteiger partial charge on any atom is 0.347 e. The first-order valence-electron chi connectivity index (χ1n) is 4.92. The van der Waals surface area contributed by atoms with Crippen molar-refractivity contribution < 1.29 is 19.0 Å². The number of carboxylic acid groups (broad SMARTS) is 1. The fourth-order valence-corrected chi connectivity index (χ4v) is 1.79. The molecule has 1 aliphatic rings. The summed E-state index contributed by atoms with van der Waals surface area (Å²) < 4.78 is 18.3. The lowest BCUT2D eigenvalue weighted by Gasteiger charge is -2.37. The van der Waals surface area contributed by atoms with Crippen LogP contribution in [0.15, 0.2) is 18.2 Å². The Morgan fingerprint density at radius 3 is 2.88 bits per heavy atom. The van der Waals surface area contributed by atoms with Crippen LogP contribution in [0.3, 0.4) is 0 Å². The summed E-state index contributed by atoms with van der Waals surface area (Å²) in [6.07, 6.45) is -0.973. The minimum atomic E-state index is -1.05. The van der Waals surface area contributed by atoms with Gasteiger partial charge in [-0.05, 0) is 19.1 Å². The summed E-state index contributed by atoms with van der Waals surface area (Å²) in [5.74, 6) is -1.21. The van der Waals surface area contributed by atoms with Crippen LogP contribution < -0.4 is 9.64 Å². The van der Waals surface area contributed by atoms with Crippen molar-refractivity contribution in [1.29, 1.82) is 0 Å². The van der Waals surface area contributed by atoms with E-state index in [2.05, 4.69) is 0 Å². The van der Waals surface area contributed by atoms with Crippen molar-refractivity contribution in [2.24, 2.45) is 0 Å². The van der Waals surface area contributed by atoms with Gasteiger partial charge in [0.1, 0.15) is 11.6 Å². The highest BCUT2D eigenvalue weighted by Crippen LogP contribution is 2.35. The first kappa shape index (κ1) is 10.7. The molecule has 0 saturated carbocycles. The largest absolute Gasteiger partial charge is 0.478 e. The van der Waals surface area contributed by atoms with E-state index in [-0.39, 0.29) is 11.8 Å². The Morgan fingerprint density at radius 2 is 2.25 bits per heavy atom. The molecule has 0 fully saturated rings. The number of carbonyl (C=O) groups is 1. The van der Waals surface area contributed by atoms with Crippen molar-refractivity contribution >= 4 is 11.7 Å². The number of hydrogen-bond donors (Lipinski definition) is 1. The van der Waals surface area contributed by atoms with Gasteiger partial charge >= 0.3 is 5.97 Å². The fraction of sp³-hybridized carbons (Fsp3) is 0.364. The van der Waals surface area contributed by atoms with E-state index in [0.717, 1.165) is 0 Å². The number of carboxylic acids is 1. The molecule has 1 aromatic carbocycles. The molecule has 1 aromatic rings. The molecule has 0 radical (unpaired) electrons. The monoisotopic (exact) mass is 225 g/mol. The molecule has 2 rings (SSSR count). The third-order valence-corrected chi connectivity index (χ3v) is 2.85. The lowest BCUT2D eigenvalue weighted by Crippen LogP contribution is -2.50. The zero-order valence-electron chi connectivity index (χ0n) is 8.98. The maximum atomic E-state index is 13.0. The van der Waals surface area contributed by atoms with E-state index < -0.39 is 17.9 Å². The second kappa shape index (κ2) is 3.66. The Hall–Kier alpha value is -1.78. The normalized spacial score (nSPS) is 23.6. The van der Waals surface area contributed by atoms with Crippen molar-refractivity contribution in [3.05, 3.63) is 24.0 Å². The molecule has 1 aliphatic heterocycles. The van der Waals surface area contributed by atoms with Gasteiger partial charge in [-0.3, -0.25) is 0 Å². The van der Waals surface area contributed by atoms with E-state index in [4.69, 9.17) is 9.84 Å². The van der Waals surface area contributed by atoms with Crippen LogP contribution >= 0.6 is 0 Å².